The zero-order valence-corrected chi connectivity index (χ0v) is 58.1. The number of hydrogen-bond acceptors (Lipinski definition) is 12. The van der Waals surface area contributed by atoms with E-state index in [2.05, 4.69) is 0 Å². The number of carbonyl (C=O) groups excluding carboxylic acids is 5. The lowest BCUT2D eigenvalue weighted by Crippen LogP contribution is -2.30. The molecule has 9 aromatic carbocycles. The van der Waals surface area contributed by atoms with E-state index in [1.807, 2.05) is 0 Å². The van der Waals surface area contributed by atoms with Crippen molar-refractivity contribution in [2.75, 3.05) is 18.1 Å². The first-order valence-corrected chi connectivity index (χ1v) is 33.1. The van der Waals surface area contributed by atoms with Gasteiger partial charge in [0.2, 0.25) is 6.41 Å². The maximum absolute atomic E-state index is 16.1. The van der Waals surface area contributed by atoms with E-state index in [-0.39, 0.29) is 167 Å². The van der Waals surface area contributed by atoms with Crippen molar-refractivity contribution < 1.29 is 114 Å². The molecule has 0 saturated heterocycles. The minimum atomic E-state index is -5.46. The molecule has 0 saturated carbocycles. The largest absolute Gasteiger partial charge is 0.677 e. The van der Waals surface area contributed by atoms with Crippen LogP contribution in [0, 0.1) is 20.8 Å². The number of para-hydroxylation sites is 3. The Balaban J connectivity index is 0.988. The van der Waals surface area contributed by atoms with E-state index in [4.69, 9.17) is 33.4 Å². The number of halogens is 14. The number of aryl methyl sites for hydroxylation is 1. The van der Waals surface area contributed by atoms with Gasteiger partial charge in [-0.3, -0.25) is 28.0 Å². The number of alkyl halides is 12. The summed E-state index contributed by atoms with van der Waals surface area (Å²) in [5, 5.41) is -0.652. The quantitative estimate of drug-likeness (QED) is 0.0249. The third-order valence-electron chi connectivity index (χ3n) is 18.0. The van der Waals surface area contributed by atoms with Crippen molar-refractivity contribution in [1.82, 2.24) is 4.48 Å². The van der Waals surface area contributed by atoms with Gasteiger partial charge in [0.05, 0.1) is 75.7 Å². The second-order valence-electron chi connectivity index (χ2n) is 25.0. The lowest BCUT2D eigenvalue weighted by molar-refractivity contribution is -0.144. The minimum Gasteiger partial charge on any atom is -0.462 e. The van der Waals surface area contributed by atoms with E-state index < -0.39 is 113 Å². The molecule has 558 valence electrons. The third kappa shape index (κ3) is 15.0. The Morgan fingerprint density at radius 3 is 1.57 bits per heavy atom. The summed E-state index contributed by atoms with van der Waals surface area (Å²) in [4.78, 5) is 76.3. The fraction of sp³-hybridized carbons (Fsp3) is 0.175. The monoisotopic (exact) mass is 1510 g/mol. The average Bonchev–Trinajstić information content (AvgIpc) is 1.03. The highest BCUT2D eigenvalue weighted by atomic mass is 19.4. The molecule has 14 nitrogen and oxygen atoms in total. The highest BCUT2D eigenvalue weighted by Gasteiger charge is 2.43. The van der Waals surface area contributed by atoms with Crippen molar-refractivity contribution in [2.45, 2.75) is 79.6 Å². The predicted molar refractivity (Wildman–Crippen MR) is 375 cm³/mol. The second-order valence-corrected chi connectivity index (χ2v) is 25.0. The maximum Gasteiger partial charge on any atom is 0.677 e. The summed E-state index contributed by atoms with van der Waals surface area (Å²) in [5.74, 6) is -5.37. The average molecular weight is 1510 g/mol. The molecule has 2 aliphatic rings. The number of aliphatic imine (C=N–C) groups is 1. The fourth-order valence-electron chi connectivity index (χ4n) is 13.3. The lowest BCUT2D eigenvalue weighted by atomic mass is 9.81. The van der Waals surface area contributed by atoms with Crippen LogP contribution in [0.4, 0.5) is 67.0 Å². The molecule has 0 atom stereocenters. The van der Waals surface area contributed by atoms with E-state index in [1.165, 1.54) is 102 Å². The van der Waals surface area contributed by atoms with Crippen molar-refractivity contribution in [3.63, 3.8) is 0 Å². The number of carbonyl (C=O) groups is 5. The van der Waals surface area contributed by atoms with Crippen LogP contribution >= 0.6 is 0 Å². The number of fused-ring (bicyclic) bond motifs is 2. The van der Waals surface area contributed by atoms with Crippen LogP contribution in [-0.4, -0.2) is 61.0 Å². The van der Waals surface area contributed by atoms with Crippen molar-refractivity contribution in [1.29, 1.82) is 0 Å². The standard InChI is InChI=1S/C80H56BF14N3O11/c1-8-104-75(102)65-41(4)71(96-43(65)6)70(72-42(5)66(76(103)105-9-2)44(7)98(72)81(94)95)68-61(106-53-18-12-10-13-19-53)36-55(37-62(68)107-54-20-14-11-15-21-54)108-63(100)29-45-24-26-52(27-25-45)97(39-99)74(101)59-38-58(47-32-50(79(88,89)90)35-51(33-47)80(91,92)93)73-69-64(59)40(3)28-57(67(69)56-22-16-17-23-60(56)109-73)46-30-48(77(82,83)84)34-49(31-46)78(85,86)87/h10-28,30-39H,8-9,29H2,1-7H3/b71-70-. The molecule has 109 heavy (non-hydrogen) atoms. The van der Waals surface area contributed by atoms with E-state index in [1.54, 1.807) is 67.6 Å². The normalized spacial score (nSPS) is 13.3. The number of nitrogens with zero attached hydrogens (tertiary/aromatic N) is 3. The summed E-state index contributed by atoms with van der Waals surface area (Å²) in [5.41, 5.74) is -12.0. The first kappa shape index (κ1) is 76.4. The SMILES string of the molecule is CCOC(=O)C1=C(C)/C(=C(\c2c(Oc3ccccc3)cc(OC(=O)Cc3ccc(N(C=O)C(=O)c4cc(-c5cc(C(F)(F)F)cc(C(F)(F)F)c5)c5c6c(c(-c7cc(C(F)(F)F)cc(C(F)(F)F)c7)cc(C)c46)-c4ccccc4O5)cc3)cc2Oc2ccccc2)c2c(C)c(C(=O)OCC)c(C)n2B(F)F)N=C1C. The van der Waals surface area contributed by atoms with Gasteiger partial charge in [0.25, 0.3) is 5.91 Å². The zero-order valence-electron chi connectivity index (χ0n) is 58.1. The van der Waals surface area contributed by atoms with Crippen molar-refractivity contribution in [3.05, 3.63) is 254 Å². The maximum atomic E-state index is 16.1. The number of ether oxygens (including phenoxy) is 6. The Labute approximate surface area is 611 Å². The molecule has 0 N–H and O–H groups in total. The lowest BCUT2D eigenvalue weighted by Gasteiger charge is -2.29. The molecule has 29 heteroatoms. The molecular weight excluding hydrogens is 1460 g/mol. The van der Waals surface area contributed by atoms with Crippen LogP contribution in [-0.2, 0) is 55.0 Å². The summed E-state index contributed by atoms with van der Waals surface area (Å²) in [6, 6.07) is 31.9. The molecule has 1 aromatic heterocycles. The molecular formula is C80H56BF14N3O11. The summed E-state index contributed by atoms with van der Waals surface area (Å²) in [6.07, 6.45) is -22.3. The molecule has 0 bridgehead atoms. The Kier molecular flexibility index (Phi) is 20.6. The van der Waals surface area contributed by atoms with Crippen LogP contribution in [0.2, 0.25) is 0 Å². The number of allylic oxidation sites excluding steroid dienone is 1. The molecule has 0 spiro atoms. The molecule has 0 aliphatic carbocycles. The molecule has 0 unspecified atom stereocenters. The van der Waals surface area contributed by atoms with Crippen LogP contribution in [0.3, 0.4) is 0 Å². The van der Waals surface area contributed by atoms with E-state index >= 15 is 13.4 Å². The zero-order chi connectivity index (χ0) is 78.7. The van der Waals surface area contributed by atoms with Crippen LogP contribution in [0.15, 0.2) is 192 Å². The highest BCUT2D eigenvalue weighted by Crippen LogP contribution is 2.57. The second kappa shape index (κ2) is 29.5. The van der Waals surface area contributed by atoms with Crippen molar-refractivity contribution in [2.24, 2.45) is 4.99 Å². The fourth-order valence-corrected chi connectivity index (χ4v) is 13.3. The third-order valence-corrected chi connectivity index (χ3v) is 18.0. The van der Waals surface area contributed by atoms with Crippen LogP contribution in [0.1, 0.15) is 104 Å². The van der Waals surface area contributed by atoms with E-state index in [0.29, 0.717) is 33.6 Å². The van der Waals surface area contributed by atoms with Crippen LogP contribution in [0.25, 0.3) is 49.7 Å². The van der Waals surface area contributed by atoms with Gasteiger partial charge in [-0.05, 0) is 172 Å². The first-order chi connectivity index (χ1) is 51.5. The number of rotatable bonds is 19. The van der Waals surface area contributed by atoms with Gasteiger partial charge in [-0.2, -0.15) is 52.7 Å². The molecule has 10 aromatic rings. The summed E-state index contributed by atoms with van der Waals surface area (Å²) in [6.45, 7) is 9.93. The van der Waals surface area contributed by atoms with Gasteiger partial charge in [-0.25, -0.2) is 14.5 Å². The molecule has 12 rings (SSSR count). The number of imide groups is 1. The Morgan fingerprint density at radius 2 is 1.06 bits per heavy atom. The number of benzene rings is 9. The summed E-state index contributed by atoms with van der Waals surface area (Å²) in [7, 11) is -3.35. The van der Waals surface area contributed by atoms with Gasteiger partial charge in [-0.15, -0.1) is 0 Å². The summed E-state index contributed by atoms with van der Waals surface area (Å²) >= 11 is 0. The number of aromatic nitrogens is 1. The van der Waals surface area contributed by atoms with Gasteiger partial charge in [-0.1, -0.05) is 72.8 Å². The number of anilines is 1. The molecule has 2 aliphatic heterocycles. The van der Waals surface area contributed by atoms with Gasteiger partial charge < -0.3 is 32.9 Å². The molecule has 0 radical (unpaired) electrons. The van der Waals surface area contributed by atoms with Crippen molar-refractivity contribution >= 4 is 65.4 Å². The molecule has 2 amide bonds. The topological polar surface area (TPSA) is 161 Å². The Bertz CT molecular complexity index is 5350. The number of amides is 2. The Hall–Kier alpha value is -12.3. The van der Waals surface area contributed by atoms with Gasteiger partial charge in [0, 0.05) is 62.1 Å². The predicted octanol–water partition coefficient (Wildman–Crippen LogP) is 21.3. The molecule has 3 heterocycles. The van der Waals surface area contributed by atoms with Gasteiger partial charge in [0.1, 0.15) is 40.2 Å². The molecule has 0 fully saturated rings. The van der Waals surface area contributed by atoms with E-state index in [0.717, 1.165) is 12.1 Å². The minimum absolute atomic E-state index is 0.000444. The highest BCUT2D eigenvalue weighted by molar-refractivity contribution is 6.42. The van der Waals surface area contributed by atoms with Gasteiger partial charge >= 0.3 is 50.0 Å². The van der Waals surface area contributed by atoms with Crippen LogP contribution < -0.4 is 23.8 Å². The number of hydrogen-bond donors (Lipinski definition) is 0. The van der Waals surface area contributed by atoms with E-state index in [9.17, 15) is 71.9 Å². The Morgan fingerprint density at radius 1 is 0.560 bits per heavy atom. The van der Waals surface area contributed by atoms with Crippen LogP contribution in [0.5, 0.6) is 40.2 Å². The smallest absolute Gasteiger partial charge is 0.462 e. The van der Waals surface area contributed by atoms with Gasteiger partial charge in [0.15, 0.2) is 0 Å². The van der Waals surface area contributed by atoms with Crippen molar-refractivity contribution in [3.8, 4) is 73.6 Å². The number of esters is 3. The summed E-state index contributed by atoms with van der Waals surface area (Å²) < 4.78 is 245. The first-order valence-electron chi connectivity index (χ1n) is 33.1.